The molecular weight excluding hydrogens is 385 g/mol. The molecule has 3 rings (SSSR count). The summed E-state index contributed by atoms with van der Waals surface area (Å²) >= 11 is 0. The molecule has 0 unspecified atom stereocenters. The van der Waals surface area contributed by atoms with E-state index in [2.05, 4.69) is 10.2 Å². The number of amides is 1. The summed E-state index contributed by atoms with van der Waals surface area (Å²) in [4.78, 5) is 14.6. The van der Waals surface area contributed by atoms with E-state index in [0.29, 0.717) is 18.9 Å². The lowest BCUT2D eigenvalue weighted by Gasteiger charge is -2.29. The highest BCUT2D eigenvalue weighted by molar-refractivity contribution is 7.92. The molecule has 1 aliphatic heterocycles. The van der Waals surface area contributed by atoms with Crippen molar-refractivity contribution in [3.8, 4) is 0 Å². The Bertz CT molecular complexity index is 928. The average Bonchev–Trinajstić information content (AvgIpc) is 2.66. The second-order valence-corrected chi connectivity index (χ2v) is 8.35. The Morgan fingerprint density at radius 3 is 2.46 bits per heavy atom. The fourth-order valence-electron chi connectivity index (χ4n) is 2.94. The van der Waals surface area contributed by atoms with Crippen molar-refractivity contribution < 1.29 is 22.3 Å². The summed E-state index contributed by atoms with van der Waals surface area (Å²) in [7, 11) is -3.76. The fourth-order valence-corrected chi connectivity index (χ4v) is 3.79. The smallest absolute Gasteiger partial charge is 0.245 e. The molecule has 1 fully saturated rings. The standard InChI is InChI=1S/C19H22FN3O4S/c1-28(25,26)23(18-4-2-3-15(20)13-18)14-19(24)21-16-5-7-17(8-6-16)22-9-11-27-12-10-22/h2-8,13H,9-12,14H2,1H3,(H,21,24). The number of morpholine rings is 1. The maximum Gasteiger partial charge on any atom is 0.245 e. The largest absolute Gasteiger partial charge is 0.378 e. The van der Waals surface area contributed by atoms with Gasteiger partial charge in [-0.05, 0) is 42.5 Å². The summed E-state index contributed by atoms with van der Waals surface area (Å²) in [5.41, 5.74) is 1.67. The lowest BCUT2D eigenvalue weighted by atomic mass is 10.2. The van der Waals surface area contributed by atoms with E-state index in [9.17, 15) is 17.6 Å². The highest BCUT2D eigenvalue weighted by atomic mass is 32.2. The van der Waals surface area contributed by atoms with E-state index in [0.717, 1.165) is 35.4 Å². The number of carbonyl (C=O) groups excluding carboxylic acids is 1. The van der Waals surface area contributed by atoms with Crippen LogP contribution in [0.3, 0.4) is 0 Å². The number of ether oxygens (including phenoxy) is 1. The molecule has 28 heavy (non-hydrogen) atoms. The van der Waals surface area contributed by atoms with Crippen LogP contribution in [0.1, 0.15) is 0 Å². The Morgan fingerprint density at radius 1 is 1.18 bits per heavy atom. The number of carbonyl (C=O) groups is 1. The highest BCUT2D eigenvalue weighted by Crippen LogP contribution is 2.21. The van der Waals surface area contributed by atoms with E-state index in [1.54, 1.807) is 12.1 Å². The SMILES string of the molecule is CS(=O)(=O)N(CC(=O)Nc1ccc(N2CCOCC2)cc1)c1cccc(F)c1. The van der Waals surface area contributed by atoms with Crippen molar-refractivity contribution in [2.75, 3.05) is 53.6 Å². The zero-order valence-electron chi connectivity index (χ0n) is 15.5. The second kappa shape index (κ2) is 8.57. The number of rotatable bonds is 6. The lowest BCUT2D eigenvalue weighted by Crippen LogP contribution is -2.37. The monoisotopic (exact) mass is 407 g/mol. The van der Waals surface area contributed by atoms with Gasteiger partial charge in [0.1, 0.15) is 12.4 Å². The van der Waals surface area contributed by atoms with Crippen molar-refractivity contribution in [3.05, 3.63) is 54.3 Å². The van der Waals surface area contributed by atoms with Crippen molar-refractivity contribution in [3.63, 3.8) is 0 Å². The third-order valence-corrected chi connectivity index (χ3v) is 5.45. The molecule has 7 nitrogen and oxygen atoms in total. The molecule has 1 aliphatic rings. The molecule has 1 heterocycles. The number of anilines is 3. The molecule has 0 radical (unpaired) electrons. The number of halogens is 1. The first-order chi connectivity index (χ1) is 13.3. The molecule has 1 N–H and O–H groups in total. The van der Waals surface area contributed by atoms with Crippen LogP contribution in [-0.4, -0.2) is 53.4 Å². The molecule has 150 valence electrons. The molecule has 0 bridgehead atoms. The minimum absolute atomic E-state index is 0.0975. The van der Waals surface area contributed by atoms with Gasteiger partial charge in [0.25, 0.3) is 0 Å². The second-order valence-electron chi connectivity index (χ2n) is 6.44. The fraction of sp³-hybridized carbons (Fsp3) is 0.316. The predicted molar refractivity (Wildman–Crippen MR) is 107 cm³/mol. The number of hydrogen-bond acceptors (Lipinski definition) is 5. The molecule has 0 spiro atoms. The Labute approximate surface area is 163 Å². The minimum Gasteiger partial charge on any atom is -0.378 e. The summed E-state index contributed by atoms with van der Waals surface area (Å²) in [6, 6.07) is 12.4. The zero-order chi connectivity index (χ0) is 20.1. The Morgan fingerprint density at radius 2 is 1.86 bits per heavy atom. The van der Waals surface area contributed by atoms with E-state index in [1.165, 1.54) is 18.2 Å². The van der Waals surface area contributed by atoms with Crippen molar-refractivity contribution in [1.82, 2.24) is 0 Å². The molecule has 9 heteroatoms. The normalized spacial score (nSPS) is 14.6. The minimum atomic E-state index is -3.76. The Balaban J connectivity index is 1.67. The summed E-state index contributed by atoms with van der Waals surface area (Å²) in [5, 5.41) is 2.68. The van der Waals surface area contributed by atoms with Crippen LogP contribution in [-0.2, 0) is 19.6 Å². The summed E-state index contributed by atoms with van der Waals surface area (Å²) in [6.45, 7) is 2.53. The van der Waals surface area contributed by atoms with Crippen LogP contribution < -0.4 is 14.5 Å². The van der Waals surface area contributed by atoms with Gasteiger partial charge in [0.2, 0.25) is 15.9 Å². The van der Waals surface area contributed by atoms with E-state index >= 15 is 0 Å². The predicted octanol–water partition coefficient (Wildman–Crippen LogP) is 2.07. The van der Waals surface area contributed by atoms with Gasteiger partial charge in [-0.1, -0.05) is 6.07 Å². The molecule has 2 aromatic rings. The van der Waals surface area contributed by atoms with Gasteiger partial charge < -0.3 is 15.0 Å². The molecule has 0 atom stereocenters. The summed E-state index contributed by atoms with van der Waals surface area (Å²) in [5.74, 6) is -1.10. The van der Waals surface area contributed by atoms with Gasteiger partial charge in [-0.2, -0.15) is 0 Å². The van der Waals surface area contributed by atoms with E-state index in [1.807, 2.05) is 12.1 Å². The number of nitrogens with one attached hydrogen (secondary N) is 1. The van der Waals surface area contributed by atoms with Crippen LogP contribution in [0.25, 0.3) is 0 Å². The van der Waals surface area contributed by atoms with Crippen molar-refractivity contribution >= 4 is 33.0 Å². The van der Waals surface area contributed by atoms with Crippen molar-refractivity contribution in [1.29, 1.82) is 0 Å². The van der Waals surface area contributed by atoms with Gasteiger partial charge in [0.15, 0.2) is 0 Å². The first-order valence-electron chi connectivity index (χ1n) is 8.79. The number of hydrogen-bond donors (Lipinski definition) is 1. The van der Waals surface area contributed by atoms with Crippen LogP contribution >= 0.6 is 0 Å². The number of nitrogens with zero attached hydrogens (tertiary/aromatic N) is 2. The maximum absolute atomic E-state index is 13.5. The maximum atomic E-state index is 13.5. The van der Waals surface area contributed by atoms with Crippen LogP contribution in [0, 0.1) is 5.82 Å². The molecule has 1 amide bonds. The molecule has 0 aliphatic carbocycles. The molecule has 0 saturated carbocycles. The van der Waals surface area contributed by atoms with Gasteiger partial charge >= 0.3 is 0 Å². The average molecular weight is 407 g/mol. The van der Waals surface area contributed by atoms with Crippen molar-refractivity contribution in [2.45, 2.75) is 0 Å². The van der Waals surface area contributed by atoms with E-state index < -0.39 is 28.3 Å². The summed E-state index contributed by atoms with van der Waals surface area (Å²) < 4.78 is 43.8. The van der Waals surface area contributed by atoms with Gasteiger partial charge in [-0.15, -0.1) is 0 Å². The van der Waals surface area contributed by atoms with Crippen LogP contribution in [0.15, 0.2) is 48.5 Å². The highest BCUT2D eigenvalue weighted by Gasteiger charge is 2.21. The van der Waals surface area contributed by atoms with Crippen LogP contribution in [0.5, 0.6) is 0 Å². The Hall–Kier alpha value is -2.65. The molecular formula is C19H22FN3O4S. The topological polar surface area (TPSA) is 79.0 Å². The lowest BCUT2D eigenvalue weighted by molar-refractivity contribution is -0.114. The molecule has 0 aromatic heterocycles. The zero-order valence-corrected chi connectivity index (χ0v) is 16.3. The molecule has 2 aromatic carbocycles. The van der Waals surface area contributed by atoms with Crippen LogP contribution in [0.2, 0.25) is 0 Å². The number of sulfonamides is 1. The molecule has 1 saturated heterocycles. The summed E-state index contributed by atoms with van der Waals surface area (Å²) in [6.07, 6.45) is 0.975. The quantitative estimate of drug-likeness (QED) is 0.793. The first kappa shape index (κ1) is 20.1. The third kappa shape index (κ3) is 5.20. The van der Waals surface area contributed by atoms with E-state index in [4.69, 9.17) is 4.74 Å². The Kier molecular flexibility index (Phi) is 6.15. The van der Waals surface area contributed by atoms with Gasteiger partial charge in [-0.25, -0.2) is 12.8 Å². The van der Waals surface area contributed by atoms with Crippen molar-refractivity contribution in [2.24, 2.45) is 0 Å². The first-order valence-corrected chi connectivity index (χ1v) is 10.6. The van der Waals surface area contributed by atoms with Gasteiger partial charge in [0, 0.05) is 24.5 Å². The third-order valence-electron chi connectivity index (χ3n) is 4.31. The van der Waals surface area contributed by atoms with Gasteiger partial charge in [0.05, 0.1) is 25.2 Å². The van der Waals surface area contributed by atoms with E-state index in [-0.39, 0.29) is 5.69 Å². The number of benzene rings is 2. The van der Waals surface area contributed by atoms with Crippen LogP contribution in [0.4, 0.5) is 21.5 Å². The van der Waals surface area contributed by atoms with Gasteiger partial charge in [-0.3, -0.25) is 9.10 Å².